The van der Waals surface area contributed by atoms with Gasteiger partial charge in [-0.2, -0.15) is 0 Å². The monoisotopic (exact) mass is 194 g/mol. The average Bonchev–Trinajstić information content (AvgIpc) is 2.22. The largest absolute Gasteiger partial charge is 0.390 e. The van der Waals surface area contributed by atoms with Crippen LogP contribution in [-0.2, 0) is 0 Å². The Morgan fingerprint density at radius 2 is 1.79 bits per heavy atom. The molecule has 0 saturated heterocycles. The van der Waals surface area contributed by atoms with Gasteiger partial charge in [0.05, 0.1) is 11.2 Å². The van der Waals surface area contributed by atoms with Crippen LogP contribution in [0.1, 0.15) is 45.4 Å². The van der Waals surface area contributed by atoms with Crippen molar-refractivity contribution >= 4 is 0 Å². The van der Waals surface area contributed by atoms with E-state index in [9.17, 15) is 10.2 Å². The molecule has 1 spiro atoms. The third-order valence-electron chi connectivity index (χ3n) is 5.80. The Bertz CT molecular complexity index is 333. The standard InChI is InChI=1S/C12H18O2/c1-9-2-8-3-12(14)7-10(13,4-9)6-11(8,12)5-9/h8,13-14H,2-7H2,1H3. The summed E-state index contributed by atoms with van der Waals surface area (Å²) >= 11 is 0. The fourth-order valence-electron chi connectivity index (χ4n) is 5.93. The quantitative estimate of drug-likeness (QED) is 0.613. The van der Waals surface area contributed by atoms with Crippen molar-refractivity contribution in [2.45, 2.75) is 56.7 Å². The molecule has 5 unspecified atom stereocenters. The first-order valence-electron chi connectivity index (χ1n) is 5.84. The Balaban J connectivity index is 1.93. The topological polar surface area (TPSA) is 40.5 Å². The molecule has 5 atom stereocenters. The van der Waals surface area contributed by atoms with E-state index in [1.807, 2.05) is 0 Å². The molecule has 0 aromatic carbocycles. The van der Waals surface area contributed by atoms with Gasteiger partial charge >= 0.3 is 0 Å². The summed E-state index contributed by atoms with van der Waals surface area (Å²) in [4.78, 5) is 0. The fraction of sp³-hybridized carbons (Fsp3) is 1.00. The molecule has 2 N–H and O–H groups in total. The van der Waals surface area contributed by atoms with Crippen LogP contribution < -0.4 is 0 Å². The van der Waals surface area contributed by atoms with Crippen LogP contribution in [0, 0.1) is 16.7 Å². The van der Waals surface area contributed by atoms with E-state index < -0.39 is 11.2 Å². The van der Waals surface area contributed by atoms with E-state index in [2.05, 4.69) is 6.92 Å². The highest BCUT2D eigenvalue weighted by Gasteiger charge is 2.80. The van der Waals surface area contributed by atoms with E-state index in [0.717, 1.165) is 19.3 Å². The summed E-state index contributed by atoms with van der Waals surface area (Å²) in [6.45, 7) is 2.31. The number of hydrogen-bond donors (Lipinski definition) is 2. The zero-order chi connectivity index (χ0) is 9.82. The van der Waals surface area contributed by atoms with Gasteiger partial charge in [0.1, 0.15) is 0 Å². The van der Waals surface area contributed by atoms with Crippen LogP contribution in [0.5, 0.6) is 0 Å². The van der Waals surface area contributed by atoms with Crippen molar-refractivity contribution < 1.29 is 10.2 Å². The molecule has 78 valence electrons. The maximum atomic E-state index is 10.5. The summed E-state index contributed by atoms with van der Waals surface area (Å²) in [5, 5.41) is 21.0. The Kier molecular flexibility index (Phi) is 0.982. The molecule has 0 aromatic rings. The van der Waals surface area contributed by atoms with Gasteiger partial charge < -0.3 is 10.2 Å². The lowest BCUT2D eigenvalue weighted by Gasteiger charge is -2.55. The number of rotatable bonds is 0. The molecular formula is C12H18O2. The third-order valence-corrected chi connectivity index (χ3v) is 5.80. The first-order valence-corrected chi connectivity index (χ1v) is 5.84. The summed E-state index contributed by atoms with van der Waals surface area (Å²) in [6.07, 6.45) is 5.86. The molecule has 4 fully saturated rings. The highest BCUT2D eigenvalue weighted by Crippen LogP contribution is 2.80. The molecule has 3 bridgehead atoms. The van der Waals surface area contributed by atoms with Gasteiger partial charge in [-0.05, 0) is 43.4 Å². The van der Waals surface area contributed by atoms with Crippen molar-refractivity contribution in [1.82, 2.24) is 0 Å². The molecule has 4 aliphatic carbocycles. The van der Waals surface area contributed by atoms with Gasteiger partial charge in [-0.3, -0.25) is 0 Å². The van der Waals surface area contributed by atoms with Crippen LogP contribution in [0.3, 0.4) is 0 Å². The molecular weight excluding hydrogens is 176 g/mol. The Hall–Kier alpha value is -0.0800. The average molecular weight is 194 g/mol. The Morgan fingerprint density at radius 3 is 2.57 bits per heavy atom. The minimum absolute atomic E-state index is 0.134. The number of fused-ring (bicyclic) bond motifs is 2. The third kappa shape index (κ3) is 0.594. The maximum Gasteiger partial charge on any atom is 0.0737 e. The molecule has 4 rings (SSSR count). The zero-order valence-electron chi connectivity index (χ0n) is 8.71. The van der Waals surface area contributed by atoms with Gasteiger partial charge in [-0.1, -0.05) is 6.92 Å². The minimum atomic E-state index is -0.521. The second kappa shape index (κ2) is 1.69. The Labute approximate surface area is 84.3 Å². The van der Waals surface area contributed by atoms with Gasteiger partial charge in [0.2, 0.25) is 0 Å². The summed E-state index contributed by atoms with van der Waals surface area (Å²) in [6, 6.07) is 0. The highest BCUT2D eigenvalue weighted by atomic mass is 16.3. The highest BCUT2D eigenvalue weighted by molar-refractivity contribution is 5.30. The van der Waals surface area contributed by atoms with Crippen molar-refractivity contribution in [2.75, 3.05) is 0 Å². The molecule has 0 aliphatic heterocycles. The van der Waals surface area contributed by atoms with Crippen molar-refractivity contribution in [3.05, 3.63) is 0 Å². The van der Waals surface area contributed by atoms with E-state index in [4.69, 9.17) is 0 Å². The second-order valence-corrected chi connectivity index (χ2v) is 7.04. The molecule has 0 radical (unpaired) electrons. The predicted octanol–water partition coefficient (Wildman–Crippen LogP) is 1.45. The van der Waals surface area contributed by atoms with E-state index in [1.54, 1.807) is 0 Å². The van der Waals surface area contributed by atoms with E-state index in [-0.39, 0.29) is 5.41 Å². The van der Waals surface area contributed by atoms with Crippen molar-refractivity contribution in [1.29, 1.82) is 0 Å². The lowest BCUT2D eigenvalue weighted by molar-refractivity contribution is -0.177. The van der Waals surface area contributed by atoms with Crippen LogP contribution in [0.2, 0.25) is 0 Å². The molecule has 14 heavy (non-hydrogen) atoms. The smallest absolute Gasteiger partial charge is 0.0737 e. The molecule has 0 heterocycles. The summed E-state index contributed by atoms with van der Waals surface area (Å²) in [7, 11) is 0. The molecule has 4 saturated carbocycles. The van der Waals surface area contributed by atoms with Crippen LogP contribution in [0.25, 0.3) is 0 Å². The van der Waals surface area contributed by atoms with E-state index in [1.165, 1.54) is 12.8 Å². The van der Waals surface area contributed by atoms with E-state index in [0.29, 0.717) is 17.8 Å². The first kappa shape index (κ1) is 8.12. The van der Waals surface area contributed by atoms with Gasteiger partial charge in [-0.15, -0.1) is 0 Å². The van der Waals surface area contributed by atoms with Crippen LogP contribution in [-0.4, -0.2) is 21.4 Å². The van der Waals surface area contributed by atoms with Gasteiger partial charge in [-0.25, -0.2) is 0 Å². The van der Waals surface area contributed by atoms with E-state index >= 15 is 0 Å². The molecule has 0 aromatic heterocycles. The van der Waals surface area contributed by atoms with Gasteiger partial charge in [0, 0.05) is 11.8 Å². The maximum absolute atomic E-state index is 10.5. The SMILES string of the molecule is CC12CC3CC4(O)CC(O)(C1)CC34C2. The van der Waals surface area contributed by atoms with Crippen molar-refractivity contribution in [3.63, 3.8) is 0 Å². The predicted molar refractivity (Wildman–Crippen MR) is 51.6 cm³/mol. The fourth-order valence-corrected chi connectivity index (χ4v) is 5.93. The molecule has 0 amide bonds. The lowest BCUT2D eigenvalue weighted by atomic mass is 9.52. The lowest BCUT2D eigenvalue weighted by Crippen LogP contribution is -2.57. The molecule has 2 nitrogen and oxygen atoms in total. The number of hydrogen-bond acceptors (Lipinski definition) is 2. The first-order chi connectivity index (χ1) is 6.39. The van der Waals surface area contributed by atoms with Crippen LogP contribution >= 0.6 is 0 Å². The van der Waals surface area contributed by atoms with Crippen LogP contribution in [0.15, 0.2) is 0 Å². The van der Waals surface area contributed by atoms with Gasteiger partial charge in [0.25, 0.3) is 0 Å². The normalized spacial score (nSPS) is 73.5. The summed E-state index contributed by atoms with van der Waals surface area (Å²) < 4.78 is 0. The molecule has 2 heteroatoms. The summed E-state index contributed by atoms with van der Waals surface area (Å²) in [5.74, 6) is 0.717. The van der Waals surface area contributed by atoms with Gasteiger partial charge in [0.15, 0.2) is 0 Å². The van der Waals surface area contributed by atoms with Crippen molar-refractivity contribution in [3.8, 4) is 0 Å². The summed E-state index contributed by atoms with van der Waals surface area (Å²) in [5.41, 5.74) is -0.541. The zero-order valence-corrected chi connectivity index (χ0v) is 8.71. The number of aliphatic hydroxyl groups is 2. The second-order valence-electron chi connectivity index (χ2n) is 7.04. The molecule has 4 aliphatic rings. The van der Waals surface area contributed by atoms with Crippen molar-refractivity contribution in [2.24, 2.45) is 16.7 Å². The van der Waals surface area contributed by atoms with Crippen LogP contribution in [0.4, 0.5) is 0 Å². The Morgan fingerprint density at radius 1 is 1.00 bits per heavy atom. The minimum Gasteiger partial charge on any atom is -0.390 e.